The van der Waals surface area contributed by atoms with Gasteiger partial charge < -0.3 is 20.5 Å². The van der Waals surface area contributed by atoms with E-state index in [1.165, 1.54) is 0 Å². The van der Waals surface area contributed by atoms with Crippen LogP contribution in [0.15, 0.2) is 36.4 Å². The maximum Gasteiger partial charge on any atom is 0.408 e. The molecule has 156 valence electrons. The number of phenols is 1. The maximum absolute atomic E-state index is 12.9. The summed E-state index contributed by atoms with van der Waals surface area (Å²) in [5.74, 6) is -0.143. The monoisotopic (exact) mass is 622 g/mol. The Kier molecular flexibility index (Phi) is 8.15. The predicted octanol–water partition coefficient (Wildman–Crippen LogP) is 4.98. The smallest absolute Gasteiger partial charge is 0.408 e. The third-order valence-electron chi connectivity index (χ3n) is 3.81. The van der Waals surface area contributed by atoms with Gasteiger partial charge in [0, 0.05) is 12.1 Å². The highest BCUT2D eigenvalue weighted by Crippen LogP contribution is 2.28. The van der Waals surface area contributed by atoms with Crippen LogP contribution < -0.4 is 10.6 Å². The summed E-state index contributed by atoms with van der Waals surface area (Å²) in [6.07, 6.45) is -0.409. The van der Waals surface area contributed by atoms with E-state index in [1.807, 2.05) is 70.3 Å². The Balaban J connectivity index is 2.24. The van der Waals surface area contributed by atoms with E-state index in [1.54, 1.807) is 39.0 Å². The number of amides is 2. The van der Waals surface area contributed by atoms with Crippen molar-refractivity contribution in [2.24, 2.45) is 0 Å². The molecule has 6 nitrogen and oxygen atoms in total. The van der Waals surface area contributed by atoms with Gasteiger partial charge in [-0.15, -0.1) is 0 Å². The highest BCUT2D eigenvalue weighted by atomic mass is 127. The Morgan fingerprint density at radius 2 is 1.76 bits per heavy atom. The lowest BCUT2D eigenvalue weighted by atomic mass is 10.0. The number of hydrogen-bond donors (Lipinski definition) is 3. The lowest BCUT2D eigenvalue weighted by Gasteiger charge is -2.23. The van der Waals surface area contributed by atoms with E-state index in [0.29, 0.717) is 12.8 Å². The van der Waals surface area contributed by atoms with E-state index in [-0.39, 0.29) is 18.1 Å². The number of nitrogens with one attached hydrogen (secondary N) is 2. The maximum atomic E-state index is 12.9. The first kappa shape index (κ1) is 23.7. The fourth-order valence-electron chi connectivity index (χ4n) is 2.58. The zero-order chi connectivity index (χ0) is 21.8. The van der Waals surface area contributed by atoms with Crippen LogP contribution in [0.25, 0.3) is 0 Å². The summed E-state index contributed by atoms with van der Waals surface area (Å²) < 4.78 is 6.68. The number of carbonyl (C=O) groups excluding carboxylic acids is 2. The summed E-state index contributed by atoms with van der Waals surface area (Å²) in [4.78, 5) is 25.2. The summed E-state index contributed by atoms with van der Waals surface area (Å²) in [6, 6.07) is 10.2. The van der Waals surface area contributed by atoms with Crippen LogP contribution in [-0.4, -0.2) is 28.7 Å². The van der Waals surface area contributed by atoms with Crippen molar-refractivity contribution >= 4 is 62.9 Å². The molecule has 0 spiro atoms. The van der Waals surface area contributed by atoms with Gasteiger partial charge in [0.25, 0.3) is 0 Å². The molecule has 0 aromatic heterocycles. The van der Waals surface area contributed by atoms with Crippen molar-refractivity contribution in [2.45, 2.75) is 45.8 Å². The molecule has 1 atom stereocenters. The first-order valence-electron chi connectivity index (χ1n) is 8.98. The second-order valence-electron chi connectivity index (χ2n) is 7.67. The Morgan fingerprint density at radius 1 is 1.14 bits per heavy atom. The van der Waals surface area contributed by atoms with Crippen LogP contribution in [0.4, 0.5) is 10.5 Å². The molecular formula is C21H24I2N2O4. The largest absolute Gasteiger partial charge is 0.506 e. The average Bonchev–Trinajstić information content (AvgIpc) is 2.57. The van der Waals surface area contributed by atoms with Crippen molar-refractivity contribution in [3.05, 3.63) is 54.7 Å². The lowest BCUT2D eigenvalue weighted by molar-refractivity contribution is -0.118. The molecule has 3 N–H and O–H groups in total. The van der Waals surface area contributed by atoms with Crippen molar-refractivity contribution in [3.8, 4) is 5.75 Å². The van der Waals surface area contributed by atoms with Gasteiger partial charge in [0.1, 0.15) is 17.4 Å². The minimum Gasteiger partial charge on any atom is -0.506 e. The molecule has 0 aliphatic carbocycles. The van der Waals surface area contributed by atoms with E-state index in [9.17, 15) is 14.7 Å². The Morgan fingerprint density at radius 3 is 2.31 bits per heavy atom. The number of carbonyl (C=O) groups is 2. The first-order chi connectivity index (χ1) is 13.4. The third-order valence-corrected chi connectivity index (χ3v) is 5.45. The molecule has 0 bridgehead atoms. The molecule has 2 amide bonds. The molecule has 0 saturated heterocycles. The van der Waals surface area contributed by atoms with Gasteiger partial charge in [-0.3, -0.25) is 4.79 Å². The Bertz CT molecular complexity index is 887. The number of aromatic hydroxyl groups is 1. The third kappa shape index (κ3) is 7.65. The van der Waals surface area contributed by atoms with Gasteiger partial charge in [-0.05, 0) is 108 Å². The molecule has 0 aliphatic heterocycles. The van der Waals surface area contributed by atoms with Crippen LogP contribution >= 0.6 is 45.2 Å². The standard InChI is InChI=1S/C21H24I2N2O4/c1-12-6-5-7-14(8-12)24-19(27)17(25-20(28)29-21(2,3)4)11-13-9-15(22)18(26)16(23)10-13/h5-10,17,26H,11H2,1-4H3,(H,24,27)(H,25,28)/t17-/m0/s1. The molecule has 2 aromatic rings. The lowest BCUT2D eigenvalue weighted by Crippen LogP contribution is -2.47. The fraction of sp³-hybridized carbons (Fsp3) is 0.333. The van der Waals surface area contributed by atoms with Crippen molar-refractivity contribution in [3.63, 3.8) is 0 Å². The van der Waals surface area contributed by atoms with E-state index >= 15 is 0 Å². The number of benzene rings is 2. The molecule has 0 heterocycles. The molecule has 2 aromatic carbocycles. The molecular weight excluding hydrogens is 598 g/mol. The fourth-order valence-corrected chi connectivity index (χ4v) is 4.48. The van der Waals surface area contributed by atoms with Crippen molar-refractivity contribution < 1.29 is 19.4 Å². The number of ether oxygens (including phenoxy) is 1. The van der Waals surface area contributed by atoms with Crippen LogP contribution in [0, 0.1) is 14.1 Å². The molecule has 29 heavy (non-hydrogen) atoms. The number of alkyl carbamates (subject to hydrolysis) is 1. The van der Waals surface area contributed by atoms with Crippen LogP contribution in [0.2, 0.25) is 0 Å². The number of phenolic OH excluding ortho intramolecular Hbond substituents is 1. The van der Waals surface area contributed by atoms with Crippen LogP contribution in [-0.2, 0) is 16.0 Å². The normalized spacial score (nSPS) is 12.2. The zero-order valence-electron chi connectivity index (χ0n) is 16.7. The second-order valence-corrected chi connectivity index (χ2v) is 9.99. The van der Waals surface area contributed by atoms with Crippen molar-refractivity contribution in [2.75, 3.05) is 5.32 Å². The van der Waals surface area contributed by atoms with Crippen LogP contribution in [0.1, 0.15) is 31.9 Å². The van der Waals surface area contributed by atoms with Crippen LogP contribution in [0.3, 0.4) is 0 Å². The Hall–Kier alpha value is -1.56. The molecule has 0 radical (unpaired) electrons. The van der Waals surface area contributed by atoms with Crippen molar-refractivity contribution in [1.29, 1.82) is 0 Å². The predicted molar refractivity (Wildman–Crippen MR) is 130 cm³/mol. The minimum atomic E-state index is -0.846. The summed E-state index contributed by atoms with van der Waals surface area (Å²) in [5, 5.41) is 15.5. The Labute approximate surface area is 198 Å². The minimum absolute atomic E-state index is 0.204. The summed E-state index contributed by atoms with van der Waals surface area (Å²) in [7, 11) is 0. The topological polar surface area (TPSA) is 87.7 Å². The van der Waals surface area contributed by atoms with Gasteiger partial charge in [-0.2, -0.15) is 0 Å². The molecule has 8 heteroatoms. The van der Waals surface area contributed by atoms with E-state index in [2.05, 4.69) is 10.6 Å². The van der Waals surface area contributed by atoms with Gasteiger partial charge >= 0.3 is 6.09 Å². The highest BCUT2D eigenvalue weighted by Gasteiger charge is 2.25. The van der Waals surface area contributed by atoms with Crippen molar-refractivity contribution in [1.82, 2.24) is 5.32 Å². The van der Waals surface area contributed by atoms with E-state index < -0.39 is 17.7 Å². The molecule has 0 unspecified atom stereocenters. The van der Waals surface area contributed by atoms with E-state index in [0.717, 1.165) is 11.1 Å². The summed E-state index contributed by atoms with van der Waals surface area (Å²) >= 11 is 4.08. The number of anilines is 1. The average molecular weight is 622 g/mol. The van der Waals surface area contributed by atoms with Gasteiger partial charge in [0.15, 0.2) is 0 Å². The molecule has 0 saturated carbocycles. The molecule has 0 fully saturated rings. The molecule has 2 rings (SSSR count). The van der Waals surface area contributed by atoms with Gasteiger partial charge in [-0.25, -0.2) is 4.79 Å². The number of hydrogen-bond acceptors (Lipinski definition) is 4. The van der Waals surface area contributed by atoms with Gasteiger partial charge in [0.2, 0.25) is 5.91 Å². The zero-order valence-corrected chi connectivity index (χ0v) is 21.0. The van der Waals surface area contributed by atoms with Gasteiger partial charge in [0.05, 0.1) is 7.14 Å². The SMILES string of the molecule is Cc1cccc(NC(=O)[C@H](Cc2cc(I)c(O)c(I)c2)NC(=O)OC(C)(C)C)c1. The number of aryl methyl sites for hydroxylation is 1. The number of rotatable bonds is 5. The van der Waals surface area contributed by atoms with E-state index in [4.69, 9.17) is 4.74 Å². The summed E-state index contributed by atoms with van der Waals surface area (Å²) in [5.41, 5.74) is 1.81. The highest BCUT2D eigenvalue weighted by molar-refractivity contribution is 14.1. The first-order valence-corrected chi connectivity index (χ1v) is 11.1. The number of halogens is 2. The van der Waals surface area contributed by atoms with Gasteiger partial charge in [-0.1, -0.05) is 12.1 Å². The summed E-state index contributed by atoms with van der Waals surface area (Å²) in [6.45, 7) is 7.23. The second kappa shape index (κ2) is 9.96. The molecule has 0 aliphatic rings. The quantitative estimate of drug-likeness (QED) is 0.411. The van der Waals surface area contributed by atoms with Crippen LogP contribution in [0.5, 0.6) is 5.75 Å².